The number of carbonyl (C=O) groups is 2. The van der Waals surface area contributed by atoms with Gasteiger partial charge in [0.1, 0.15) is 18.4 Å². The Morgan fingerprint density at radius 3 is 2.21 bits per heavy atom. The van der Waals surface area contributed by atoms with Crippen molar-refractivity contribution in [1.82, 2.24) is 10.2 Å². The summed E-state index contributed by atoms with van der Waals surface area (Å²) in [5.74, 6) is -0.964. The van der Waals surface area contributed by atoms with Crippen LogP contribution in [-0.2, 0) is 26.2 Å². The van der Waals surface area contributed by atoms with E-state index in [1.165, 1.54) is 49.5 Å². The normalized spacial score (nSPS) is 11.9. The van der Waals surface area contributed by atoms with Crippen LogP contribution in [0.5, 0.6) is 11.5 Å². The van der Waals surface area contributed by atoms with E-state index in [2.05, 4.69) is 5.32 Å². The molecule has 42 heavy (non-hydrogen) atoms. The Bertz CT molecular complexity index is 1480. The molecule has 3 rings (SSSR count). The third-order valence-corrected chi connectivity index (χ3v) is 8.64. The van der Waals surface area contributed by atoms with Crippen LogP contribution in [0, 0.1) is 12.7 Å². The Hall–Kier alpha value is -4.12. The first kappa shape index (κ1) is 32.4. The van der Waals surface area contributed by atoms with Gasteiger partial charge in [-0.1, -0.05) is 38.1 Å². The highest BCUT2D eigenvalue weighted by Crippen LogP contribution is 2.32. The molecule has 226 valence electrons. The summed E-state index contributed by atoms with van der Waals surface area (Å²) in [4.78, 5) is 28.6. The second kappa shape index (κ2) is 14.7. The lowest BCUT2D eigenvalue weighted by atomic mass is 10.1. The Balaban J connectivity index is 2.10. The zero-order valence-corrected chi connectivity index (χ0v) is 25.4. The maximum Gasteiger partial charge on any atom is 0.264 e. The van der Waals surface area contributed by atoms with Crippen molar-refractivity contribution >= 4 is 27.5 Å². The van der Waals surface area contributed by atoms with E-state index in [-0.39, 0.29) is 28.8 Å². The lowest BCUT2D eigenvalue weighted by Crippen LogP contribution is -2.52. The van der Waals surface area contributed by atoms with E-state index in [1.807, 2.05) is 38.1 Å². The van der Waals surface area contributed by atoms with Gasteiger partial charge in [-0.05, 0) is 67.3 Å². The van der Waals surface area contributed by atoms with Crippen molar-refractivity contribution in [2.45, 2.75) is 51.1 Å². The van der Waals surface area contributed by atoms with Crippen molar-refractivity contribution in [3.63, 3.8) is 0 Å². The van der Waals surface area contributed by atoms with Gasteiger partial charge in [0, 0.05) is 19.2 Å². The number of ether oxygens (including phenoxy) is 2. The maximum atomic E-state index is 14.1. The molecule has 0 aromatic heterocycles. The van der Waals surface area contributed by atoms with Crippen molar-refractivity contribution in [2.24, 2.45) is 0 Å². The van der Waals surface area contributed by atoms with Gasteiger partial charge >= 0.3 is 0 Å². The number of hydrogen-bond donors (Lipinski definition) is 1. The molecule has 0 spiro atoms. The van der Waals surface area contributed by atoms with Gasteiger partial charge < -0.3 is 19.7 Å². The molecule has 11 heteroatoms. The number of carbonyl (C=O) groups excluding carboxylic acids is 2. The second-order valence-corrected chi connectivity index (χ2v) is 11.5. The number of aryl methyl sites for hydroxylation is 1. The average molecular weight is 600 g/mol. The molecule has 0 aliphatic carbocycles. The van der Waals surface area contributed by atoms with Gasteiger partial charge in [-0.15, -0.1) is 0 Å². The molecule has 0 aliphatic heterocycles. The number of halogens is 1. The summed E-state index contributed by atoms with van der Waals surface area (Å²) in [7, 11) is -1.56. The van der Waals surface area contributed by atoms with Gasteiger partial charge in [0.05, 0.1) is 24.8 Å². The molecule has 0 heterocycles. The highest BCUT2D eigenvalue weighted by molar-refractivity contribution is 7.92. The molecule has 0 saturated carbocycles. The van der Waals surface area contributed by atoms with E-state index in [0.717, 1.165) is 34.0 Å². The second-order valence-electron chi connectivity index (χ2n) is 9.67. The Morgan fingerprint density at radius 1 is 0.952 bits per heavy atom. The van der Waals surface area contributed by atoms with E-state index in [9.17, 15) is 22.4 Å². The fourth-order valence-corrected chi connectivity index (χ4v) is 5.93. The largest absolute Gasteiger partial charge is 0.493 e. The highest BCUT2D eigenvalue weighted by atomic mass is 32.2. The number of nitrogens with one attached hydrogen (secondary N) is 1. The number of methoxy groups -OCH3 is 2. The maximum absolute atomic E-state index is 14.1. The van der Waals surface area contributed by atoms with Gasteiger partial charge in [0.2, 0.25) is 11.8 Å². The molecule has 9 nitrogen and oxygen atoms in total. The van der Waals surface area contributed by atoms with Crippen molar-refractivity contribution in [3.8, 4) is 11.5 Å². The van der Waals surface area contributed by atoms with Gasteiger partial charge in [-0.3, -0.25) is 13.9 Å². The van der Waals surface area contributed by atoms with Crippen LogP contribution in [0.25, 0.3) is 0 Å². The fourth-order valence-electron chi connectivity index (χ4n) is 4.50. The molecular weight excluding hydrogens is 561 g/mol. The topological polar surface area (TPSA) is 105 Å². The molecule has 0 fully saturated rings. The predicted molar refractivity (Wildman–Crippen MR) is 160 cm³/mol. The van der Waals surface area contributed by atoms with Crippen LogP contribution in [-0.4, -0.2) is 58.5 Å². The smallest absolute Gasteiger partial charge is 0.264 e. The summed E-state index contributed by atoms with van der Waals surface area (Å²) in [6.07, 6.45) is 1.03. The minimum Gasteiger partial charge on any atom is -0.493 e. The van der Waals surface area contributed by atoms with Crippen LogP contribution in [0.4, 0.5) is 10.1 Å². The number of rotatable bonds is 14. The van der Waals surface area contributed by atoms with Crippen LogP contribution in [0.3, 0.4) is 0 Å². The van der Waals surface area contributed by atoms with Crippen LogP contribution < -0.4 is 19.1 Å². The van der Waals surface area contributed by atoms with Crippen molar-refractivity contribution in [3.05, 3.63) is 83.7 Å². The van der Waals surface area contributed by atoms with Crippen LogP contribution >= 0.6 is 0 Å². The lowest BCUT2D eigenvalue weighted by molar-refractivity contribution is -0.140. The van der Waals surface area contributed by atoms with Crippen LogP contribution in [0.15, 0.2) is 71.6 Å². The van der Waals surface area contributed by atoms with Gasteiger partial charge in [0.15, 0.2) is 11.5 Å². The third kappa shape index (κ3) is 7.58. The minimum absolute atomic E-state index is 0.0823. The van der Waals surface area contributed by atoms with Crippen molar-refractivity contribution in [2.75, 3.05) is 31.6 Å². The van der Waals surface area contributed by atoms with E-state index >= 15 is 0 Å². The number of anilines is 1. The van der Waals surface area contributed by atoms with Crippen LogP contribution in [0.1, 0.15) is 37.8 Å². The van der Waals surface area contributed by atoms with E-state index in [1.54, 1.807) is 6.92 Å². The van der Waals surface area contributed by atoms with Gasteiger partial charge in [0.25, 0.3) is 10.0 Å². The van der Waals surface area contributed by atoms with E-state index in [0.29, 0.717) is 18.7 Å². The van der Waals surface area contributed by atoms with Crippen LogP contribution in [0.2, 0.25) is 0 Å². The molecule has 1 atom stereocenters. The number of benzene rings is 3. The molecular formula is C31H38FN3O6S. The zero-order valence-electron chi connectivity index (χ0n) is 24.6. The quantitative estimate of drug-likeness (QED) is 0.289. The fraction of sp³-hybridized carbons (Fsp3) is 0.355. The summed E-state index contributed by atoms with van der Waals surface area (Å²) in [6, 6.07) is 15.6. The van der Waals surface area contributed by atoms with Crippen molar-refractivity contribution < 1.29 is 31.9 Å². The molecule has 0 aliphatic rings. The Kier molecular flexibility index (Phi) is 11.3. The SMILES string of the molecule is CCCNC(=O)C(CC)N(Cc1ccccc1C)C(=O)CN(c1ccc(F)cc1)S(=O)(=O)c1ccc(OC)c(OC)c1. The molecule has 3 aromatic carbocycles. The molecule has 0 saturated heterocycles. The first-order valence-corrected chi connectivity index (χ1v) is 15.1. The monoisotopic (exact) mass is 599 g/mol. The summed E-state index contributed by atoms with van der Waals surface area (Å²) >= 11 is 0. The Morgan fingerprint density at radius 2 is 1.62 bits per heavy atom. The minimum atomic E-state index is -4.37. The first-order valence-electron chi connectivity index (χ1n) is 13.7. The van der Waals surface area contributed by atoms with Crippen molar-refractivity contribution in [1.29, 1.82) is 0 Å². The molecule has 1 unspecified atom stereocenters. The highest BCUT2D eigenvalue weighted by Gasteiger charge is 2.34. The zero-order chi connectivity index (χ0) is 30.9. The summed E-state index contributed by atoms with van der Waals surface area (Å²) in [5, 5.41) is 2.86. The number of sulfonamides is 1. The van der Waals surface area contributed by atoms with E-state index < -0.39 is 34.3 Å². The molecule has 0 radical (unpaired) electrons. The molecule has 0 bridgehead atoms. The standard InChI is InChI=1S/C31H38FN3O6S/c1-6-18-33-31(37)27(7-2)34(20-23-11-9-8-10-22(23)3)30(36)21-35(25-14-12-24(32)13-15-25)42(38,39)26-16-17-28(40-4)29(19-26)41-5/h8-17,19,27H,6-7,18,20-21H2,1-5H3,(H,33,37). The summed E-state index contributed by atoms with van der Waals surface area (Å²) in [5.41, 5.74) is 1.83. The number of amides is 2. The van der Waals surface area contributed by atoms with E-state index in [4.69, 9.17) is 9.47 Å². The molecule has 1 N–H and O–H groups in total. The first-order chi connectivity index (χ1) is 20.1. The van der Waals surface area contributed by atoms with Gasteiger partial charge in [-0.25, -0.2) is 12.8 Å². The lowest BCUT2D eigenvalue weighted by Gasteiger charge is -2.33. The summed E-state index contributed by atoms with van der Waals surface area (Å²) in [6.45, 7) is 5.53. The third-order valence-electron chi connectivity index (χ3n) is 6.87. The number of hydrogen-bond acceptors (Lipinski definition) is 6. The molecule has 2 amide bonds. The Labute approximate surface area is 247 Å². The average Bonchev–Trinajstić information content (AvgIpc) is 2.99. The van der Waals surface area contributed by atoms with Gasteiger partial charge in [-0.2, -0.15) is 0 Å². The summed E-state index contributed by atoms with van der Waals surface area (Å²) < 4.78 is 53.4. The molecule has 3 aromatic rings. The number of nitrogens with zero attached hydrogens (tertiary/aromatic N) is 2. The predicted octanol–water partition coefficient (Wildman–Crippen LogP) is 4.68.